The van der Waals surface area contributed by atoms with Crippen molar-refractivity contribution in [3.05, 3.63) is 23.8 Å². The van der Waals surface area contributed by atoms with E-state index in [1.54, 1.807) is 26.0 Å². The summed E-state index contributed by atoms with van der Waals surface area (Å²) in [6, 6.07) is 5.77. The van der Waals surface area contributed by atoms with Crippen LogP contribution in [-0.2, 0) is 9.59 Å². The van der Waals surface area contributed by atoms with Gasteiger partial charge in [-0.1, -0.05) is 6.07 Å². The van der Waals surface area contributed by atoms with Gasteiger partial charge in [0.1, 0.15) is 0 Å². The largest absolute Gasteiger partial charge is 0.493 e. The second-order valence-electron chi connectivity index (χ2n) is 6.06. The maximum Gasteiger partial charge on any atom is 0.224 e. The maximum atomic E-state index is 12.3. The smallest absolute Gasteiger partial charge is 0.224 e. The van der Waals surface area contributed by atoms with E-state index in [1.165, 1.54) is 0 Å². The first-order chi connectivity index (χ1) is 11.5. The number of nitrogens with zero attached hydrogens (tertiary/aromatic N) is 1. The van der Waals surface area contributed by atoms with Crippen LogP contribution in [0.5, 0.6) is 11.5 Å². The number of benzene rings is 1. The zero-order valence-electron chi connectivity index (χ0n) is 14.8. The van der Waals surface area contributed by atoms with Gasteiger partial charge in [-0.05, 0) is 31.0 Å². The number of carbonyl (C=O) groups excluding carboxylic acids is 2. The Bertz CT molecular complexity index is 603. The van der Waals surface area contributed by atoms with Crippen LogP contribution in [0.25, 0.3) is 0 Å². The Morgan fingerprint density at radius 1 is 1.21 bits per heavy atom. The van der Waals surface area contributed by atoms with Gasteiger partial charge in [0.2, 0.25) is 11.8 Å². The Hall–Kier alpha value is -2.24. The summed E-state index contributed by atoms with van der Waals surface area (Å²) in [4.78, 5) is 25.9. The summed E-state index contributed by atoms with van der Waals surface area (Å²) in [5.74, 6) is 1.23. The molecule has 2 amide bonds. The zero-order chi connectivity index (χ0) is 17.7. The first kappa shape index (κ1) is 18.1. The Labute approximate surface area is 143 Å². The third-order valence-electron chi connectivity index (χ3n) is 4.50. The van der Waals surface area contributed by atoms with Gasteiger partial charge in [-0.2, -0.15) is 0 Å². The molecule has 1 aliphatic rings. The predicted octanol–water partition coefficient (Wildman–Crippen LogP) is 1.79. The molecular weight excluding hydrogens is 308 g/mol. The third-order valence-corrected chi connectivity index (χ3v) is 4.50. The van der Waals surface area contributed by atoms with E-state index in [2.05, 4.69) is 5.32 Å². The first-order valence-electron chi connectivity index (χ1n) is 8.25. The average molecular weight is 334 g/mol. The molecule has 0 spiro atoms. The number of hydrogen-bond acceptors (Lipinski definition) is 4. The summed E-state index contributed by atoms with van der Waals surface area (Å²) in [6.45, 7) is 5.13. The molecule has 24 heavy (non-hydrogen) atoms. The van der Waals surface area contributed by atoms with Gasteiger partial charge in [-0.15, -0.1) is 0 Å². The van der Waals surface area contributed by atoms with Crippen LogP contribution in [0, 0.1) is 5.92 Å². The number of rotatable bonds is 5. The highest BCUT2D eigenvalue weighted by Gasteiger charge is 2.33. The van der Waals surface area contributed by atoms with Crippen molar-refractivity contribution in [1.29, 1.82) is 0 Å². The molecule has 1 aliphatic heterocycles. The Balaban J connectivity index is 2.27. The van der Waals surface area contributed by atoms with Gasteiger partial charge in [0, 0.05) is 32.5 Å². The van der Waals surface area contributed by atoms with Crippen LogP contribution >= 0.6 is 0 Å². The second kappa shape index (κ2) is 8.04. The Morgan fingerprint density at radius 2 is 1.92 bits per heavy atom. The standard InChI is InChI=1S/C18H26N2O4/c1-5-19-18(22)15-8-14(10-20(11-15)12(2)21)13-6-7-16(23-3)17(9-13)24-4/h6-7,9,14-15H,5,8,10-11H2,1-4H3,(H,19,22)/t14-,15+/m1/s1. The van der Waals surface area contributed by atoms with Gasteiger partial charge in [-0.25, -0.2) is 0 Å². The van der Waals surface area contributed by atoms with Crippen molar-refractivity contribution in [1.82, 2.24) is 10.2 Å². The molecule has 2 atom stereocenters. The van der Waals surface area contributed by atoms with E-state index in [0.29, 0.717) is 37.6 Å². The fourth-order valence-corrected chi connectivity index (χ4v) is 3.21. The molecule has 0 aromatic heterocycles. The van der Waals surface area contributed by atoms with Gasteiger partial charge >= 0.3 is 0 Å². The lowest BCUT2D eigenvalue weighted by molar-refractivity contribution is -0.134. The quantitative estimate of drug-likeness (QED) is 0.891. The molecule has 1 N–H and O–H groups in total. The van der Waals surface area contributed by atoms with Gasteiger partial charge in [0.15, 0.2) is 11.5 Å². The summed E-state index contributed by atoms with van der Waals surface area (Å²) in [6.07, 6.45) is 0.713. The molecule has 1 aromatic carbocycles. The maximum absolute atomic E-state index is 12.3. The SMILES string of the molecule is CCNC(=O)[C@H]1C[C@@H](c2ccc(OC)c(OC)c2)CN(C(C)=O)C1. The van der Waals surface area contributed by atoms with Crippen molar-refractivity contribution in [3.8, 4) is 11.5 Å². The molecule has 0 unspecified atom stereocenters. The summed E-state index contributed by atoms with van der Waals surface area (Å²) in [5.41, 5.74) is 1.05. The van der Waals surface area contributed by atoms with Crippen molar-refractivity contribution in [3.63, 3.8) is 0 Å². The number of amides is 2. The Morgan fingerprint density at radius 3 is 2.50 bits per heavy atom. The van der Waals surface area contributed by atoms with Gasteiger partial charge < -0.3 is 19.7 Å². The number of piperidine rings is 1. The van der Waals surface area contributed by atoms with Crippen LogP contribution in [0.1, 0.15) is 31.7 Å². The molecule has 1 fully saturated rings. The minimum absolute atomic E-state index is 0.00512. The molecule has 1 aromatic rings. The Kier molecular flexibility index (Phi) is 6.06. The molecule has 6 heteroatoms. The fourth-order valence-electron chi connectivity index (χ4n) is 3.21. The molecule has 1 heterocycles. The number of methoxy groups -OCH3 is 2. The molecular formula is C18H26N2O4. The van der Waals surface area contributed by atoms with Gasteiger partial charge in [-0.3, -0.25) is 9.59 Å². The van der Waals surface area contributed by atoms with Crippen molar-refractivity contribution in [2.75, 3.05) is 33.9 Å². The molecule has 0 radical (unpaired) electrons. The van der Waals surface area contributed by atoms with Crippen molar-refractivity contribution < 1.29 is 19.1 Å². The van der Waals surface area contributed by atoms with Crippen molar-refractivity contribution in [2.24, 2.45) is 5.92 Å². The number of hydrogen-bond donors (Lipinski definition) is 1. The van der Waals surface area contributed by atoms with Crippen LogP contribution in [-0.4, -0.2) is 50.6 Å². The highest BCUT2D eigenvalue weighted by Crippen LogP contribution is 2.35. The summed E-state index contributed by atoms with van der Waals surface area (Å²) < 4.78 is 10.6. The topological polar surface area (TPSA) is 67.9 Å². The molecule has 2 rings (SSSR count). The minimum atomic E-state index is -0.194. The van der Waals surface area contributed by atoms with Crippen LogP contribution < -0.4 is 14.8 Å². The molecule has 6 nitrogen and oxygen atoms in total. The molecule has 132 valence electrons. The van der Waals surface area contributed by atoms with E-state index >= 15 is 0 Å². The van der Waals surface area contributed by atoms with Crippen molar-refractivity contribution in [2.45, 2.75) is 26.2 Å². The molecule has 0 aliphatic carbocycles. The third kappa shape index (κ3) is 3.99. The summed E-state index contributed by atoms with van der Waals surface area (Å²) in [7, 11) is 3.20. The highest BCUT2D eigenvalue weighted by atomic mass is 16.5. The lowest BCUT2D eigenvalue weighted by Gasteiger charge is -2.37. The number of carbonyl (C=O) groups is 2. The lowest BCUT2D eigenvalue weighted by Crippen LogP contribution is -2.47. The number of nitrogens with one attached hydrogen (secondary N) is 1. The fraction of sp³-hybridized carbons (Fsp3) is 0.556. The summed E-state index contributed by atoms with van der Waals surface area (Å²) in [5, 5.41) is 2.87. The first-order valence-corrected chi connectivity index (χ1v) is 8.25. The summed E-state index contributed by atoms with van der Waals surface area (Å²) >= 11 is 0. The monoisotopic (exact) mass is 334 g/mol. The van der Waals surface area contributed by atoms with E-state index in [9.17, 15) is 9.59 Å². The average Bonchev–Trinajstić information content (AvgIpc) is 2.60. The normalized spacial score (nSPS) is 20.4. The zero-order valence-corrected chi connectivity index (χ0v) is 14.8. The highest BCUT2D eigenvalue weighted by molar-refractivity contribution is 5.80. The van der Waals surface area contributed by atoms with E-state index < -0.39 is 0 Å². The van der Waals surface area contributed by atoms with E-state index in [0.717, 1.165) is 5.56 Å². The van der Waals surface area contributed by atoms with E-state index in [4.69, 9.17) is 9.47 Å². The number of likely N-dealkylation sites (tertiary alicyclic amines) is 1. The van der Waals surface area contributed by atoms with Crippen LogP contribution in [0.2, 0.25) is 0 Å². The van der Waals surface area contributed by atoms with Crippen LogP contribution in [0.3, 0.4) is 0 Å². The van der Waals surface area contributed by atoms with Crippen LogP contribution in [0.4, 0.5) is 0 Å². The van der Waals surface area contributed by atoms with E-state index in [-0.39, 0.29) is 23.7 Å². The van der Waals surface area contributed by atoms with Crippen LogP contribution in [0.15, 0.2) is 18.2 Å². The van der Waals surface area contributed by atoms with Gasteiger partial charge in [0.05, 0.1) is 20.1 Å². The van der Waals surface area contributed by atoms with E-state index in [1.807, 2.05) is 25.1 Å². The number of ether oxygens (including phenoxy) is 2. The lowest BCUT2D eigenvalue weighted by atomic mass is 9.84. The molecule has 0 bridgehead atoms. The predicted molar refractivity (Wildman–Crippen MR) is 91.3 cm³/mol. The second-order valence-corrected chi connectivity index (χ2v) is 6.06. The molecule has 0 saturated carbocycles. The van der Waals surface area contributed by atoms with Gasteiger partial charge in [0.25, 0.3) is 0 Å². The van der Waals surface area contributed by atoms with Crippen molar-refractivity contribution >= 4 is 11.8 Å². The molecule has 1 saturated heterocycles. The minimum Gasteiger partial charge on any atom is -0.493 e.